The van der Waals surface area contributed by atoms with Crippen molar-refractivity contribution in [2.75, 3.05) is 19.0 Å². The molecule has 2 aromatic carbocycles. The van der Waals surface area contributed by atoms with Crippen LogP contribution in [-0.4, -0.2) is 35.0 Å². The molecule has 2 heterocycles. The van der Waals surface area contributed by atoms with Crippen LogP contribution in [0.2, 0.25) is 0 Å². The fourth-order valence-corrected chi connectivity index (χ4v) is 4.52. The second-order valence-corrected chi connectivity index (χ2v) is 8.42. The SMILES string of the molecule is COc1ccc2nc(NCCc3ccc(/N=C4/N[C@@H](C)C(=O)S4)cc3)sc2c1. The smallest absolute Gasteiger partial charge is 0.218 e. The summed E-state index contributed by atoms with van der Waals surface area (Å²) in [5.41, 5.74) is 3.03. The lowest BCUT2D eigenvalue weighted by atomic mass is 10.1. The lowest BCUT2D eigenvalue weighted by Crippen LogP contribution is -2.25. The number of benzene rings is 2. The molecule has 1 saturated heterocycles. The van der Waals surface area contributed by atoms with Crippen molar-refractivity contribution in [2.24, 2.45) is 4.99 Å². The van der Waals surface area contributed by atoms with Crippen molar-refractivity contribution >= 4 is 54.4 Å². The van der Waals surface area contributed by atoms with Crippen molar-refractivity contribution in [2.45, 2.75) is 19.4 Å². The normalized spacial score (nSPS) is 17.9. The Labute approximate surface area is 171 Å². The topological polar surface area (TPSA) is 75.6 Å². The van der Waals surface area contributed by atoms with Gasteiger partial charge < -0.3 is 15.4 Å². The Balaban J connectivity index is 1.33. The first-order valence-corrected chi connectivity index (χ1v) is 10.6. The van der Waals surface area contributed by atoms with E-state index >= 15 is 0 Å². The van der Waals surface area contributed by atoms with Crippen LogP contribution in [0.1, 0.15) is 12.5 Å². The molecule has 0 unspecified atom stereocenters. The third-order valence-corrected chi connectivity index (χ3v) is 6.28. The molecule has 1 fully saturated rings. The Morgan fingerprint density at radius 2 is 2.07 bits per heavy atom. The molecule has 0 aliphatic carbocycles. The third-order valence-electron chi connectivity index (χ3n) is 4.34. The first-order valence-electron chi connectivity index (χ1n) is 8.95. The highest BCUT2D eigenvalue weighted by Crippen LogP contribution is 2.29. The van der Waals surface area contributed by atoms with Crippen molar-refractivity contribution in [1.82, 2.24) is 10.3 Å². The molecule has 144 valence electrons. The van der Waals surface area contributed by atoms with Gasteiger partial charge in [-0.15, -0.1) is 0 Å². The van der Waals surface area contributed by atoms with E-state index in [1.54, 1.807) is 18.4 Å². The number of thiazole rings is 1. The van der Waals surface area contributed by atoms with Gasteiger partial charge in [-0.25, -0.2) is 9.98 Å². The van der Waals surface area contributed by atoms with E-state index in [-0.39, 0.29) is 11.2 Å². The molecule has 6 nitrogen and oxygen atoms in total. The fraction of sp³-hybridized carbons (Fsp3) is 0.250. The molecule has 3 aromatic rings. The molecule has 1 atom stereocenters. The van der Waals surface area contributed by atoms with Gasteiger partial charge in [0.2, 0.25) is 5.12 Å². The van der Waals surface area contributed by atoms with Crippen LogP contribution >= 0.6 is 23.1 Å². The molecule has 0 amide bonds. The summed E-state index contributed by atoms with van der Waals surface area (Å²) < 4.78 is 6.37. The van der Waals surface area contributed by atoms with Gasteiger partial charge in [0, 0.05) is 6.54 Å². The number of thioether (sulfide) groups is 1. The molecular formula is C20H20N4O2S2. The minimum absolute atomic E-state index is 0.106. The largest absolute Gasteiger partial charge is 0.497 e. The summed E-state index contributed by atoms with van der Waals surface area (Å²) >= 11 is 2.79. The van der Waals surface area contributed by atoms with Crippen LogP contribution in [0, 0.1) is 0 Å². The van der Waals surface area contributed by atoms with Crippen LogP contribution < -0.4 is 15.4 Å². The standard InChI is InChI=1S/C20H20N4O2S2/c1-12-18(25)28-20(22-12)23-14-5-3-13(4-6-14)9-10-21-19-24-16-8-7-15(26-2)11-17(16)27-19/h3-8,11-12H,9-10H2,1-2H3,(H,21,24)(H,22,23)/t12-/m0/s1. The Kier molecular flexibility index (Phi) is 5.50. The van der Waals surface area contributed by atoms with Gasteiger partial charge in [0.15, 0.2) is 10.3 Å². The van der Waals surface area contributed by atoms with E-state index in [1.165, 1.54) is 5.56 Å². The maximum Gasteiger partial charge on any atom is 0.218 e. The van der Waals surface area contributed by atoms with Gasteiger partial charge in [-0.3, -0.25) is 4.79 Å². The van der Waals surface area contributed by atoms with Crippen LogP contribution in [0.15, 0.2) is 47.5 Å². The van der Waals surface area contributed by atoms with Crippen LogP contribution in [0.25, 0.3) is 10.2 Å². The molecule has 0 spiro atoms. The highest BCUT2D eigenvalue weighted by molar-refractivity contribution is 8.27. The zero-order valence-electron chi connectivity index (χ0n) is 15.6. The Bertz CT molecular complexity index is 1030. The molecule has 1 aliphatic rings. The number of aliphatic imine (C=N–C) groups is 1. The van der Waals surface area contributed by atoms with Crippen molar-refractivity contribution < 1.29 is 9.53 Å². The molecular weight excluding hydrogens is 392 g/mol. The number of fused-ring (bicyclic) bond motifs is 1. The number of anilines is 1. The van der Waals surface area contributed by atoms with Crippen molar-refractivity contribution in [1.29, 1.82) is 0 Å². The van der Waals surface area contributed by atoms with Gasteiger partial charge in [0.1, 0.15) is 5.75 Å². The maximum absolute atomic E-state index is 11.6. The van der Waals surface area contributed by atoms with Gasteiger partial charge in [-0.05, 0) is 61.0 Å². The number of hydrogen-bond acceptors (Lipinski definition) is 7. The van der Waals surface area contributed by atoms with E-state index in [0.29, 0.717) is 5.17 Å². The summed E-state index contributed by atoms with van der Waals surface area (Å²) in [5, 5.41) is 8.15. The zero-order valence-corrected chi connectivity index (χ0v) is 17.2. The number of nitrogens with one attached hydrogen (secondary N) is 2. The molecule has 2 N–H and O–H groups in total. The summed E-state index contributed by atoms with van der Waals surface area (Å²) in [6.45, 7) is 2.64. The Hall–Kier alpha value is -2.58. The number of rotatable bonds is 6. The monoisotopic (exact) mass is 412 g/mol. The number of aromatic nitrogens is 1. The average Bonchev–Trinajstić information content (AvgIpc) is 3.24. The van der Waals surface area contributed by atoms with Gasteiger partial charge in [-0.1, -0.05) is 23.5 Å². The fourth-order valence-electron chi connectivity index (χ4n) is 2.79. The maximum atomic E-state index is 11.6. The molecule has 8 heteroatoms. The minimum atomic E-state index is -0.169. The van der Waals surface area contributed by atoms with Gasteiger partial charge in [-0.2, -0.15) is 0 Å². The number of carbonyl (C=O) groups excluding carboxylic acids is 1. The highest BCUT2D eigenvalue weighted by Gasteiger charge is 2.25. The first kappa shape index (κ1) is 18.8. The molecule has 1 aromatic heterocycles. The number of nitrogens with zero attached hydrogens (tertiary/aromatic N) is 2. The average molecular weight is 413 g/mol. The van der Waals surface area contributed by atoms with Crippen LogP contribution in [-0.2, 0) is 11.2 Å². The van der Waals surface area contributed by atoms with E-state index < -0.39 is 0 Å². The molecule has 0 saturated carbocycles. The van der Waals surface area contributed by atoms with Crippen LogP contribution in [0.5, 0.6) is 5.75 Å². The van der Waals surface area contributed by atoms with Crippen LogP contribution in [0.3, 0.4) is 0 Å². The Morgan fingerprint density at radius 3 is 2.79 bits per heavy atom. The molecule has 0 bridgehead atoms. The second kappa shape index (κ2) is 8.20. The van der Waals surface area contributed by atoms with E-state index in [4.69, 9.17) is 4.74 Å². The summed E-state index contributed by atoms with van der Waals surface area (Å²) in [6.07, 6.45) is 0.888. The van der Waals surface area contributed by atoms with E-state index in [2.05, 4.69) is 32.7 Å². The van der Waals surface area contributed by atoms with Crippen molar-refractivity contribution in [3.05, 3.63) is 48.0 Å². The minimum Gasteiger partial charge on any atom is -0.497 e. The number of carbonyl (C=O) groups is 1. The van der Waals surface area contributed by atoms with Gasteiger partial charge >= 0.3 is 0 Å². The lowest BCUT2D eigenvalue weighted by Gasteiger charge is -2.04. The van der Waals surface area contributed by atoms with E-state index in [0.717, 1.165) is 51.5 Å². The van der Waals surface area contributed by atoms with Gasteiger partial charge in [0.05, 0.1) is 29.1 Å². The van der Waals surface area contributed by atoms with Crippen molar-refractivity contribution in [3.8, 4) is 5.75 Å². The number of amidine groups is 1. The summed E-state index contributed by atoms with van der Waals surface area (Å²) in [5.74, 6) is 0.844. The summed E-state index contributed by atoms with van der Waals surface area (Å²) in [7, 11) is 1.67. The number of hydrogen-bond donors (Lipinski definition) is 2. The molecule has 4 rings (SSSR count). The zero-order chi connectivity index (χ0) is 19.5. The van der Waals surface area contributed by atoms with Crippen LogP contribution in [0.4, 0.5) is 10.8 Å². The summed E-state index contributed by atoms with van der Waals surface area (Å²) in [6, 6.07) is 13.8. The van der Waals surface area contributed by atoms with Crippen molar-refractivity contribution in [3.63, 3.8) is 0 Å². The lowest BCUT2D eigenvalue weighted by molar-refractivity contribution is -0.111. The summed E-state index contributed by atoms with van der Waals surface area (Å²) in [4.78, 5) is 20.6. The number of ether oxygens (including phenoxy) is 1. The Morgan fingerprint density at radius 1 is 1.25 bits per heavy atom. The first-order chi connectivity index (χ1) is 13.6. The predicted molar refractivity (Wildman–Crippen MR) is 117 cm³/mol. The molecule has 28 heavy (non-hydrogen) atoms. The van der Waals surface area contributed by atoms with E-state index in [9.17, 15) is 4.79 Å². The quantitative estimate of drug-likeness (QED) is 0.632. The third kappa shape index (κ3) is 4.28. The second-order valence-electron chi connectivity index (χ2n) is 6.40. The number of methoxy groups -OCH3 is 1. The molecule has 1 aliphatic heterocycles. The van der Waals surface area contributed by atoms with E-state index in [1.807, 2.05) is 37.3 Å². The highest BCUT2D eigenvalue weighted by atomic mass is 32.2. The molecule has 0 radical (unpaired) electrons. The predicted octanol–water partition coefficient (Wildman–Crippen LogP) is 4.20. The van der Waals surface area contributed by atoms with Gasteiger partial charge in [0.25, 0.3) is 0 Å².